The SMILES string of the molecule is NC(=O)N(S)Cc1nc2ccccc2[nH]1. The molecule has 0 spiro atoms. The van der Waals surface area contributed by atoms with E-state index in [-0.39, 0.29) is 6.54 Å². The molecule has 2 rings (SSSR count). The summed E-state index contributed by atoms with van der Waals surface area (Å²) in [4.78, 5) is 18.1. The highest BCUT2D eigenvalue weighted by molar-refractivity contribution is 7.78. The Balaban J connectivity index is 2.26. The van der Waals surface area contributed by atoms with Crippen molar-refractivity contribution in [3.05, 3.63) is 30.1 Å². The summed E-state index contributed by atoms with van der Waals surface area (Å²) in [5.41, 5.74) is 6.84. The lowest BCUT2D eigenvalue weighted by atomic mass is 10.3. The topological polar surface area (TPSA) is 75.0 Å². The third-order valence-corrected chi connectivity index (χ3v) is 2.33. The number of hydrogen-bond acceptors (Lipinski definition) is 3. The Hall–Kier alpha value is -1.69. The van der Waals surface area contributed by atoms with Gasteiger partial charge < -0.3 is 10.7 Å². The fraction of sp³-hybridized carbons (Fsp3) is 0.111. The quantitative estimate of drug-likeness (QED) is 0.670. The van der Waals surface area contributed by atoms with Crippen molar-refractivity contribution in [1.29, 1.82) is 0 Å². The predicted molar refractivity (Wildman–Crippen MR) is 60.2 cm³/mol. The Morgan fingerprint density at radius 3 is 2.93 bits per heavy atom. The summed E-state index contributed by atoms with van der Waals surface area (Å²) in [6.07, 6.45) is 0. The van der Waals surface area contributed by atoms with Crippen LogP contribution >= 0.6 is 12.8 Å². The van der Waals surface area contributed by atoms with Crippen LogP contribution in [0.15, 0.2) is 24.3 Å². The maximum absolute atomic E-state index is 10.7. The van der Waals surface area contributed by atoms with Crippen LogP contribution in [-0.2, 0) is 6.54 Å². The van der Waals surface area contributed by atoms with Crippen molar-refractivity contribution < 1.29 is 4.79 Å². The minimum absolute atomic E-state index is 0.257. The van der Waals surface area contributed by atoms with E-state index in [1.165, 1.54) is 0 Å². The number of benzene rings is 1. The largest absolute Gasteiger partial charge is 0.351 e. The fourth-order valence-electron chi connectivity index (χ4n) is 1.30. The first-order chi connectivity index (χ1) is 7.16. The summed E-state index contributed by atoms with van der Waals surface area (Å²) in [6, 6.07) is 7.02. The van der Waals surface area contributed by atoms with Gasteiger partial charge in [-0.25, -0.2) is 9.78 Å². The Labute approximate surface area is 91.8 Å². The van der Waals surface area contributed by atoms with Crippen LogP contribution in [0.5, 0.6) is 0 Å². The fourth-order valence-corrected chi connectivity index (χ4v) is 1.43. The van der Waals surface area contributed by atoms with Gasteiger partial charge in [-0.1, -0.05) is 24.9 Å². The Morgan fingerprint density at radius 2 is 2.27 bits per heavy atom. The number of fused-ring (bicyclic) bond motifs is 1. The number of carbonyl (C=O) groups excluding carboxylic acids is 1. The highest BCUT2D eigenvalue weighted by Gasteiger charge is 2.08. The summed E-state index contributed by atoms with van der Waals surface area (Å²) < 4.78 is 1.09. The molecule has 0 saturated heterocycles. The second kappa shape index (κ2) is 3.82. The minimum atomic E-state index is -0.598. The molecular weight excluding hydrogens is 212 g/mol. The van der Waals surface area contributed by atoms with Gasteiger partial charge in [-0.3, -0.25) is 4.31 Å². The number of carbonyl (C=O) groups is 1. The van der Waals surface area contributed by atoms with E-state index in [9.17, 15) is 4.79 Å². The van der Waals surface area contributed by atoms with Gasteiger partial charge in [-0.05, 0) is 12.1 Å². The van der Waals surface area contributed by atoms with Gasteiger partial charge in [-0.15, -0.1) is 0 Å². The van der Waals surface area contributed by atoms with Crippen LogP contribution in [-0.4, -0.2) is 20.3 Å². The maximum atomic E-state index is 10.7. The number of nitrogens with two attached hydrogens (primary N) is 1. The summed E-state index contributed by atoms with van der Waals surface area (Å²) in [5.74, 6) is 0.657. The predicted octanol–water partition coefficient (Wildman–Crippen LogP) is 1.29. The molecule has 0 aliphatic heterocycles. The molecule has 2 aromatic rings. The minimum Gasteiger partial charge on any atom is -0.351 e. The molecule has 0 aliphatic carbocycles. The molecule has 0 saturated carbocycles. The smallest absolute Gasteiger partial charge is 0.325 e. The number of rotatable bonds is 2. The van der Waals surface area contributed by atoms with Crippen molar-refractivity contribution in [3.63, 3.8) is 0 Å². The number of hydrogen-bond donors (Lipinski definition) is 3. The molecule has 1 heterocycles. The molecule has 1 aromatic heterocycles. The number of nitrogens with zero attached hydrogens (tertiary/aromatic N) is 2. The molecule has 0 atom stereocenters. The first-order valence-electron chi connectivity index (χ1n) is 4.36. The first kappa shape index (κ1) is 9.85. The highest BCUT2D eigenvalue weighted by atomic mass is 32.1. The normalized spacial score (nSPS) is 10.5. The number of urea groups is 1. The Bertz CT molecular complexity index is 463. The number of primary amides is 1. The van der Waals surface area contributed by atoms with Gasteiger partial charge in [-0.2, -0.15) is 0 Å². The summed E-state index contributed by atoms with van der Waals surface area (Å²) in [7, 11) is 0. The van der Waals surface area contributed by atoms with Crippen LogP contribution in [0.4, 0.5) is 4.79 Å². The lowest BCUT2D eigenvalue weighted by Crippen LogP contribution is -2.27. The number of aromatic amines is 1. The van der Waals surface area contributed by atoms with Crippen LogP contribution in [0.25, 0.3) is 11.0 Å². The average molecular weight is 222 g/mol. The molecule has 5 nitrogen and oxygen atoms in total. The molecular formula is C9H10N4OS. The zero-order valence-corrected chi connectivity index (χ0v) is 8.74. The average Bonchev–Trinajstić information content (AvgIpc) is 2.59. The van der Waals surface area contributed by atoms with E-state index in [2.05, 4.69) is 22.8 Å². The third-order valence-electron chi connectivity index (χ3n) is 1.99. The van der Waals surface area contributed by atoms with Gasteiger partial charge in [0, 0.05) is 0 Å². The van der Waals surface area contributed by atoms with Crippen molar-refractivity contribution in [2.45, 2.75) is 6.54 Å². The molecule has 15 heavy (non-hydrogen) atoms. The highest BCUT2D eigenvalue weighted by Crippen LogP contribution is 2.12. The van der Waals surface area contributed by atoms with Crippen LogP contribution in [0.3, 0.4) is 0 Å². The first-order valence-corrected chi connectivity index (χ1v) is 4.76. The molecule has 2 amide bonds. The molecule has 0 fully saturated rings. The van der Waals surface area contributed by atoms with E-state index in [4.69, 9.17) is 5.73 Å². The van der Waals surface area contributed by atoms with Gasteiger partial charge >= 0.3 is 6.03 Å². The van der Waals surface area contributed by atoms with Crippen molar-refractivity contribution in [2.24, 2.45) is 5.73 Å². The standard InChI is InChI=1S/C9H10N4OS/c10-9(14)13(15)5-8-11-6-3-1-2-4-7(6)12-8/h1-4,15H,5H2,(H2,10,14)(H,11,12). The second-order valence-corrected chi connectivity index (χ2v) is 3.58. The maximum Gasteiger partial charge on any atom is 0.325 e. The number of H-pyrrole nitrogens is 1. The van der Waals surface area contributed by atoms with E-state index in [0.717, 1.165) is 15.3 Å². The zero-order chi connectivity index (χ0) is 10.8. The lowest BCUT2D eigenvalue weighted by Gasteiger charge is -2.09. The lowest BCUT2D eigenvalue weighted by molar-refractivity contribution is 0.234. The van der Waals surface area contributed by atoms with Crippen LogP contribution in [0.1, 0.15) is 5.82 Å². The van der Waals surface area contributed by atoms with Gasteiger partial charge in [0.25, 0.3) is 0 Å². The molecule has 0 bridgehead atoms. The number of aromatic nitrogens is 2. The number of amides is 2. The van der Waals surface area contributed by atoms with Crippen molar-refractivity contribution in [3.8, 4) is 0 Å². The van der Waals surface area contributed by atoms with Gasteiger partial charge in [0.05, 0.1) is 17.6 Å². The Kier molecular flexibility index (Phi) is 2.51. The number of imidazole rings is 1. The third kappa shape index (κ3) is 2.04. The van der Waals surface area contributed by atoms with Crippen LogP contribution in [0.2, 0.25) is 0 Å². The number of nitrogens with one attached hydrogen (secondary N) is 1. The van der Waals surface area contributed by atoms with Gasteiger partial charge in [0.15, 0.2) is 0 Å². The van der Waals surface area contributed by atoms with Gasteiger partial charge in [0.2, 0.25) is 0 Å². The molecule has 78 valence electrons. The molecule has 0 unspecified atom stereocenters. The molecule has 0 radical (unpaired) electrons. The van der Waals surface area contributed by atoms with Crippen molar-refractivity contribution in [2.75, 3.05) is 0 Å². The number of thiol groups is 1. The zero-order valence-electron chi connectivity index (χ0n) is 7.84. The summed E-state index contributed by atoms with van der Waals surface area (Å²) >= 11 is 3.92. The van der Waals surface area contributed by atoms with E-state index in [0.29, 0.717) is 5.82 Å². The van der Waals surface area contributed by atoms with Gasteiger partial charge in [0.1, 0.15) is 5.82 Å². The second-order valence-electron chi connectivity index (χ2n) is 3.10. The van der Waals surface area contributed by atoms with Crippen molar-refractivity contribution >= 4 is 29.9 Å². The van der Waals surface area contributed by atoms with Crippen molar-refractivity contribution in [1.82, 2.24) is 14.3 Å². The molecule has 0 aliphatic rings. The summed E-state index contributed by atoms with van der Waals surface area (Å²) in [5, 5.41) is 0. The van der Waals surface area contributed by atoms with E-state index < -0.39 is 6.03 Å². The van der Waals surface area contributed by atoms with Crippen LogP contribution in [0, 0.1) is 0 Å². The van der Waals surface area contributed by atoms with E-state index in [1.54, 1.807) is 0 Å². The van der Waals surface area contributed by atoms with E-state index in [1.807, 2.05) is 24.3 Å². The molecule has 6 heteroatoms. The van der Waals surface area contributed by atoms with Crippen LogP contribution < -0.4 is 5.73 Å². The van der Waals surface area contributed by atoms with E-state index >= 15 is 0 Å². The number of para-hydroxylation sites is 2. The monoisotopic (exact) mass is 222 g/mol. The molecule has 1 aromatic carbocycles. The Morgan fingerprint density at radius 1 is 1.53 bits per heavy atom. The molecule has 3 N–H and O–H groups in total. The summed E-state index contributed by atoms with van der Waals surface area (Å²) in [6.45, 7) is 0.257.